The van der Waals surface area contributed by atoms with Gasteiger partial charge in [-0.15, -0.1) is 0 Å². The van der Waals surface area contributed by atoms with E-state index >= 15 is 0 Å². The number of aryl methyl sites for hydroxylation is 1. The van der Waals surface area contributed by atoms with E-state index in [4.69, 9.17) is 14.5 Å². The van der Waals surface area contributed by atoms with Crippen molar-refractivity contribution in [3.8, 4) is 10.4 Å². The number of aromatic nitrogens is 1. The van der Waals surface area contributed by atoms with Crippen molar-refractivity contribution in [3.63, 3.8) is 0 Å². The van der Waals surface area contributed by atoms with Gasteiger partial charge in [-0.3, -0.25) is 4.79 Å². The summed E-state index contributed by atoms with van der Waals surface area (Å²) in [6.45, 7) is 9.72. The van der Waals surface area contributed by atoms with E-state index in [1.54, 1.807) is 13.8 Å². The Labute approximate surface area is 221 Å². The highest BCUT2D eigenvalue weighted by Gasteiger charge is 2.53. The number of thiazole rings is 1. The first-order valence-corrected chi connectivity index (χ1v) is 13.3. The topological polar surface area (TPSA) is 89.5 Å². The average Bonchev–Trinajstić information content (AvgIpc) is 3.23. The number of ether oxygens (including phenoxy) is 2. The second kappa shape index (κ2) is 11.2. The molecule has 1 aliphatic rings. The van der Waals surface area contributed by atoms with E-state index in [1.165, 1.54) is 11.3 Å². The molecule has 3 aromatic rings. The molecule has 1 aromatic heterocycles. The fraction of sp³-hybridized carbons (Fsp3) is 0.345. The van der Waals surface area contributed by atoms with E-state index < -0.39 is 29.4 Å². The Balaban J connectivity index is 1.83. The van der Waals surface area contributed by atoms with Gasteiger partial charge in [-0.1, -0.05) is 72.0 Å². The fourth-order valence-electron chi connectivity index (χ4n) is 5.02. The number of rotatable bonds is 8. The number of nitrogens with zero attached hydrogens (tertiary/aromatic N) is 1. The van der Waals surface area contributed by atoms with E-state index in [0.29, 0.717) is 16.4 Å². The van der Waals surface area contributed by atoms with Gasteiger partial charge < -0.3 is 20.1 Å². The van der Waals surface area contributed by atoms with Gasteiger partial charge in [0.15, 0.2) is 5.13 Å². The maximum atomic E-state index is 13.6. The van der Waals surface area contributed by atoms with E-state index in [2.05, 4.69) is 22.8 Å². The van der Waals surface area contributed by atoms with Crippen LogP contribution in [0.1, 0.15) is 44.9 Å². The van der Waals surface area contributed by atoms with Gasteiger partial charge in [-0.2, -0.15) is 0 Å². The van der Waals surface area contributed by atoms with Gasteiger partial charge in [0.2, 0.25) is 0 Å². The molecule has 0 saturated heterocycles. The van der Waals surface area contributed by atoms with Crippen LogP contribution in [0.3, 0.4) is 0 Å². The fourth-order valence-corrected chi connectivity index (χ4v) is 6.10. The molecule has 4 rings (SSSR count). The lowest BCUT2D eigenvalue weighted by atomic mass is 9.71. The molecule has 2 N–H and O–H groups in total. The lowest BCUT2D eigenvalue weighted by molar-refractivity contribution is -0.152. The molecule has 0 spiro atoms. The highest BCUT2D eigenvalue weighted by Crippen LogP contribution is 2.45. The number of esters is 2. The molecule has 2 heterocycles. The molecular formula is C29H33N3O4S. The molecule has 194 valence electrons. The van der Waals surface area contributed by atoms with Crippen molar-refractivity contribution in [3.05, 3.63) is 83.2 Å². The Morgan fingerprint density at radius 1 is 1.00 bits per heavy atom. The molecule has 0 aliphatic carbocycles. The Morgan fingerprint density at radius 3 is 2.24 bits per heavy atom. The van der Waals surface area contributed by atoms with E-state index in [0.717, 1.165) is 21.7 Å². The quantitative estimate of drug-likeness (QED) is 0.372. The van der Waals surface area contributed by atoms with Gasteiger partial charge in [-0.25, -0.2) is 9.78 Å². The van der Waals surface area contributed by atoms with E-state index in [1.807, 2.05) is 69.3 Å². The number of carbonyl (C=O) groups excluding carboxylic acids is 2. The van der Waals surface area contributed by atoms with Crippen LogP contribution < -0.4 is 10.6 Å². The van der Waals surface area contributed by atoms with Gasteiger partial charge in [0.1, 0.15) is 11.6 Å². The van der Waals surface area contributed by atoms with Crippen molar-refractivity contribution in [2.45, 2.75) is 46.2 Å². The third-order valence-electron chi connectivity index (χ3n) is 6.51. The smallest absolute Gasteiger partial charge is 0.336 e. The van der Waals surface area contributed by atoms with Crippen molar-refractivity contribution in [1.29, 1.82) is 0 Å². The molecule has 0 bridgehead atoms. The zero-order chi connectivity index (χ0) is 26.6. The molecule has 3 atom stereocenters. The largest absolute Gasteiger partial charge is 0.466 e. The molecule has 3 unspecified atom stereocenters. The molecular weight excluding hydrogens is 486 g/mol. The summed E-state index contributed by atoms with van der Waals surface area (Å²) < 4.78 is 11.0. The summed E-state index contributed by atoms with van der Waals surface area (Å²) in [6.07, 6.45) is 0. The monoisotopic (exact) mass is 519 g/mol. The molecule has 0 radical (unpaired) electrons. The normalized spacial score (nSPS) is 21.2. The van der Waals surface area contributed by atoms with Crippen LogP contribution in [-0.2, 0) is 19.1 Å². The Morgan fingerprint density at radius 2 is 1.62 bits per heavy atom. The number of carbonyl (C=O) groups is 2. The number of hydrogen-bond donors (Lipinski definition) is 2. The van der Waals surface area contributed by atoms with Crippen molar-refractivity contribution in [2.24, 2.45) is 5.92 Å². The summed E-state index contributed by atoms with van der Waals surface area (Å²) in [5.74, 6) is -2.24. The first-order valence-electron chi connectivity index (χ1n) is 12.5. The van der Waals surface area contributed by atoms with Gasteiger partial charge >= 0.3 is 11.9 Å². The lowest BCUT2D eigenvalue weighted by Crippen LogP contribution is -2.62. The lowest BCUT2D eigenvalue weighted by Gasteiger charge is -2.46. The number of anilines is 1. The summed E-state index contributed by atoms with van der Waals surface area (Å²) in [4.78, 5) is 32.6. The SMILES string of the molecule is CCOC(=O)C1=C(C)NC(C)(Nc2nc(C)c(-c3ccccc3)s2)C(C(=O)OCC)C1c1ccccc1. The van der Waals surface area contributed by atoms with Crippen LogP contribution in [0.5, 0.6) is 0 Å². The van der Waals surface area contributed by atoms with Crippen LogP contribution in [0.4, 0.5) is 5.13 Å². The molecule has 1 aliphatic heterocycles. The van der Waals surface area contributed by atoms with Gasteiger partial charge in [0.25, 0.3) is 0 Å². The molecule has 37 heavy (non-hydrogen) atoms. The number of hydrogen-bond acceptors (Lipinski definition) is 8. The molecule has 8 heteroatoms. The summed E-state index contributed by atoms with van der Waals surface area (Å²) in [5, 5.41) is 7.60. The second-order valence-electron chi connectivity index (χ2n) is 9.13. The zero-order valence-electron chi connectivity index (χ0n) is 21.8. The Kier molecular flexibility index (Phi) is 7.97. The highest BCUT2D eigenvalue weighted by atomic mass is 32.1. The van der Waals surface area contributed by atoms with E-state index in [9.17, 15) is 9.59 Å². The van der Waals surface area contributed by atoms with Crippen LogP contribution in [0.2, 0.25) is 0 Å². The minimum Gasteiger partial charge on any atom is -0.466 e. The van der Waals surface area contributed by atoms with Crippen LogP contribution in [0.25, 0.3) is 10.4 Å². The van der Waals surface area contributed by atoms with Crippen LogP contribution >= 0.6 is 11.3 Å². The molecule has 0 amide bonds. The number of allylic oxidation sites excluding steroid dienone is 1. The summed E-state index contributed by atoms with van der Waals surface area (Å²) in [5.41, 5.74) is 2.86. The van der Waals surface area contributed by atoms with Crippen LogP contribution in [0, 0.1) is 12.8 Å². The molecule has 7 nitrogen and oxygen atoms in total. The predicted octanol–water partition coefficient (Wildman–Crippen LogP) is 5.65. The van der Waals surface area contributed by atoms with Crippen molar-refractivity contribution < 1.29 is 19.1 Å². The summed E-state index contributed by atoms with van der Waals surface area (Å²) >= 11 is 1.52. The molecule has 2 aromatic carbocycles. The Bertz CT molecular complexity index is 1290. The summed E-state index contributed by atoms with van der Waals surface area (Å²) in [7, 11) is 0. The standard InChI is InChI=1S/C29H33N3O4S/c1-6-35-26(33)22-18(3)31-29(5,24(27(34)36-7-2)23(22)20-14-10-8-11-15-20)32-28-30-19(4)25(37-28)21-16-12-9-13-17-21/h8-17,23-24,31H,6-7H2,1-5H3,(H,30,32). The van der Waals surface area contributed by atoms with Gasteiger partial charge in [0, 0.05) is 11.6 Å². The zero-order valence-corrected chi connectivity index (χ0v) is 22.6. The van der Waals surface area contributed by atoms with Crippen molar-refractivity contribution >= 4 is 28.4 Å². The number of nitrogens with one attached hydrogen (secondary N) is 2. The van der Waals surface area contributed by atoms with Gasteiger partial charge in [-0.05, 0) is 45.7 Å². The number of benzene rings is 2. The molecule has 0 saturated carbocycles. The van der Waals surface area contributed by atoms with E-state index in [-0.39, 0.29) is 13.2 Å². The highest BCUT2D eigenvalue weighted by molar-refractivity contribution is 7.19. The predicted molar refractivity (Wildman–Crippen MR) is 146 cm³/mol. The third-order valence-corrected chi connectivity index (χ3v) is 7.63. The first kappa shape index (κ1) is 26.4. The minimum atomic E-state index is -1.01. The maximum absolute atomic E-state index is 13.6. The molecule has 0 fully saturated rings. The third kappa shape index (κ3) is 5.39. The second-order valence-corrected chi connectivity index (χ2v) is 10.1. The van der Waals surface area contributed by atoms with Crippen molar-refractivity contribution in [2.75, 3.05) is 18.5 Å². The van der Waals surface area contributed by atoms with Crippen molar-refractivity contribution in [1.82, 2.24) is 10.3 Å². The summed E-state index contributed by atoms with van der Waals surface area (Å²) in [6, 6.07) is 19.6. The first-order chi connectivity index (χ1) is 17.8. The Hall–Kier alpha value is -3.65. The van der Waals surface area contributed by atoms with Gasteiger partial charge in [0.05, 0.1) is 29.4 Å². The van der Waals surface area contributed by atoms with Crippen LogP contribution in [-0.4, -0.2) is 35.8 Å². The van der Waals surface area contributed by atoms with Crippen LogP contribution in [0.15, 0.2) is 71.9 Å². The maximum Gasteiger partial charge on any atom is 0.336 e. The average molecular weight is 520 g/mol. The minimum absolute atomic E-state index is 0.221.